The Hall–Kier alpha value is -3.93. The molecule has 92 heavy (non-hydrogen) atoms. The Labute approximate surface area is 565 Å². The molecule has 9 heteroatoms. The normalized spacial score (nSPS) is 18.5. The third-order valence-corrected chi connectivity index (χ3v) is 17.2. The molecule has 6 N–H and O–H groups in total. The zero-order valence-electron chi connectivity index (χ0n) is 59.0. The van der Waals surface area contributed by atoms with Crippen molar-refractivity contribution in [1.82, 2.24) is 5.32 Å². The highest BCUT2D eigenvalue weighted by Crippen LogP contribution is 2.23. The van der Waals surface area contributed by atoms with Gasteiger partial charge in [-0.25, -0.2) is 0 Å². The fourth-order valence-electron chi connectivity index (χ4n) is 11.3. The number of rotatable bonds is 65. The Balaban J connectivity index is 2.17. The van der Waals surface area contributed by atoms with Gasteiger partial charge in [-0.1, -0.05) is 352 Å². The SMILES string of the molecule is CC/C=C\C/C=C\C/C=C\C/C=C\C/C=C\C/C=C\C/C=C\C/C=C\C/C=C\C/C=C\C/C=C\CCCCCC(=O)NC(COC1OC(CO)C(O)C(O)C1O)C(O)/C=C/CCCCCCCCCCCCCCCCCCCCCCCCCCCCCCCC. The molecular formula is C83H141NO8. The molecule has 1 rings (SSSR count). The molecule has 1 amide bonds. The molecule has 7 atom stereocenters. The second-order valence-corrected chi connectivity index (χ2v) is 25.7. The number of aliphatic hydroxyl groups excluding tert-OH is 5. The molecule has 1 aliphatic heterocycles. The molecule has 0 radical (unpaired) electrons. The van der Waals surface area contributed by atoms with Gasteiger partial charge >= 0.3 is 0 Å². The van der Waals surface area contributed by atoms with E-state index in [1.807, 2.05) is 6.08 Å². The van der Waals surface area contributed by atoms with Crippen LogP contribution in [-0.4, -0.2) is 87.5 Å². The van der Waals surface area contributed by atoms with E-state index in [0.717, 1.165) is 109 Å². The molecular weight excluding hydrogens is 1140 g/mol. The van der Waals surface area contributed by atoms with Crippen molar-refractivity contribution >= 4 is 5.91 Å². The lowest BCUT2D eigenvalue weighted by Gasteiger charge is -2.40. The van der Waals surface area contributed by atoms with Crippen molar-refractivity contribution < 1.29 is 39.8 Å². The van der Waals surface area contributed by atoms with Crippen molar-refractivity contribution in [3.63, 3.8) is 0 Å². The topological polar surface area (TPSA) is 149 Å². The number of amides is 1. The minimum Gasteiger partial charge on any atom is -0.394 e. The predicted molar refractivity (Wildman–Crippen MR) is 396 cm³/mol. The molecule has 0 aliphatic carbocycles. The van der Waals surface area contributed by atoms with Crippen LogP contribution in [0.15, 0.2) is 146 Å². The summed E-state index contributed by atoms with van der Waals surface area (Å²) in [6, 6.07) is -0.837. The smallest absolute Gasteiger partial charge is 0.220 e. The predicted octanol–water partition coefficient (Wildman–Crippen LogP) is 21.7. The summed E-state index contributed by atoms with van der Waals surface area (Å²) in [7, 11) is 0. The fourth-order valence-corrected chi connectivity index (χ4v) is 11.3. The molecule has 0 aromatic rings. The van der Waals surface area contributed by atoms with Crippen molar-refractivity contribution in [2.75, 3.05) is 13.2 Å². The van der Waals surface area contributed by atoms with Gasteiger partial charge in [-0.2, -0.15) is 0 Å². The van der Waals surface area contributed by atoms with E-state index in [1.165, 1.54) is 180 Å². The molecule has 0 aromatic heterocycles. The van der Waals surface area contributed by atoms with E-state index in [-0.39, 0.29) is 12.5 Å². The van der Waals surface area contributed by atoms with Gasteiger partial charge < -0.3 is 40.3 Å². The van der Waals surface area contributed by atoms with Crippen LogP contribution in [0.25, 0.3) is 0 Å². The molecule has 0 aromatic carbocycles. The summed E-state index contributed by atoms with van der Waals surface area (Å²) in [6.45, 7) is 3.67. The van der Waals surface area contributed by atoms with E-state index < -0.39 is 49.5 Å². The van der Waals surface area contributed by atoms with Crippen LogP contribution in [0.3, 0.4) is 0 Å². The summed E-state index contributed by atoms with van der Waals surface area (Å²) in [5.74, 6) is -0.211. The summed E-state index contributed by atoms with van der Waals surface area (Å²) < 4.78 is 11.3. The maximum absolute atomic E-state index is 13.1. The second kappa shape index (κ2) is 69.9. The Bertz CT molecular complexity index is 1970. The van der Waals surface area contributed by atoms with Gasteiger partial charge in [-0.15, -0.1) is 0 Å². The highest BCUT2D eigenvalue weighted by Gasteiger charge is 2.44. The number of carbonyl (C=O) groups is 1. The van der Waals surface area contributed by atoms with Crippen molar-refractivity contribution in [3.05, 3.63) is 146 Å². The van der Waals surface area contributed by atoms with Gasteiger partial charge in [-0.05, 0) is 103 Å². The van der Waals surface area contributed by atoms with E-state index >= 15 is 0 Å². The third-order valence-electron chi connectivity index (χ3n) is 17.2. The van der Waals surface area contributed by atoms with E-state index in [9.17, 15) is 30.3 Å². The first-order valence-electron chi connectivity index (χ1n) is 38.1. The van der Waals surface area contributed by atoms with E-state index in [0.29, 0.717) is 12.8 Å². The highest BCUT2D eigenvalue weighted by molar-refractivity contribution is 5.76. The lowest BCUT2D eigenvalue weighted by Crippen LogP contribution is -2.60. The Kier molecular flexibility index (Phi) is 65.4. The van der Waals surface area contributed by atoms with Crippen LogP contribution in [0.5, 0.6) is 0 Å². The summed E-state index contributed by atoms with van der Waals surface area (Å²) in [5.41, 5.74) is 0. The number of nitrogens with one attached hydrogen (secondary N) is 1. The van der Waals surface area contributed by atoms with E-state index in [2.05, 4.69) is 153 Å². The molecule has 1 saturated heterocycles. The lowest BCUT2D eigenvalue weighted by atomic mass is 9.99. The summed E-state index contributed by atoms with van der Waals surface area (Å²) >= 11 is 0. The van der Waals surface area contributed by atoms with Crippen LogP contribution in [0.4, 0.5) is 0 Å². The van der Waals surface area contributed by atoms with Gasteiger partial charge in [0.2, 0.25) is 5.91 Å². The van der Waals surface area contributed by atoms with Crippen molar-refractivity contribution in [2.24, 2.45) is 0 Å². The molecule has 0 saturated carbocycles. The highest BCUT2D eigenvalue weighted by atomic mass is 16.7. The number of aliphatic hydroxyl groups is 5. The van der Waals surface area contributed by atoms with Crippen LogP contribution < -0.4 is 5.32 Å². The number of carbonyl (C=O) groups excluding carboxylic acids is 1. The molecule has 0 spiro atoms. The first-order valence-corrected chi connectivity index (χ1v) is 38.1. The van der Waals surface area contributed by atoms with Gasteiger partial charge in [0.25, 0.3) is 0 Å². The van der Waals surface area contributed by atoms with E-state index in [1.54, 1.807) is 6.08 Å². The molecule has 1 heterocycles. The van der Waals surface area contributed by atoms with E-state index in [4.69, 9.17) is 9.47 Å². The molecule has 9 nitrogen and oxygen atoms in total. The average molecular weight is 1280 g/mol. The van der Waals surface area contributed by atoms with Crippen molar-refractivity contribution in [2.45, 2.75) is 358 Å². The monoisotopic (exact) mass is 1280 g/mol. The van der Waals surface area contributed by atoms with Crippen LogP contribution in [0.1, 0.15) is 316 Å². The van der Waals surface area contributed by atoms with Gasteiger partial charge in [0.05, 0.1) is 25.4 Å². The van der Waals surface area contributed by atoms with Gasteiger partial charge in [0.1, 0.15) is 24.4 Å². The van der Waals surface area contributed by atoms with Crippen molar-refractivity contribution in [3.8, 4) is 0 Å². The molecule has 526 valence electrons. The minimum absolute atomic E-state index is 0.210. The number of hydrogen-bond donors (Lipinski definition) is 6. The van der Waals surface area contributed by atoms with Gasteiger partial charge in [-0.3, -0.25) is 4.79 Å². The van der Waals surface area contributed by atoms with Crippen LogP contribution >= 0.6 is 0 Å². The van der Waals surface area contributed by atoms with Crippen LogP contribution in [0, 0.1) is 0 Å². The second-order valence-electron chi connectivity index (χ2n) is 25.7. The molecule has 1 aliphatic rings. The number of unbranched alkanes of at least 4 members (excludes halogenated alkanes) is 33. The first-order chi connectivity index (χ1) is 45.3. The zero-order valence-corrected chi connectivity index (χ0v) is 59.0. The Morgan fingerprint density at radius 2 is 0.674 bits per heavy atom. The van der Waals surface area contributed by atoms with Gasteiger partial charge in [0, 0.05) is 6.42 Å². The standard InChI is InChI=1S/C83H141NO8/c1-3-5-7-9-11-13-15-17-19-21-23-25-27-29-31-33-35-37-38-39-40-41-43-45-47-49-51-53-55-57-59-61-63-65-67-69-71-73-79(87)84-76(75-91-83-82(90)81(89)80(88)78(74-85)92-83)77(86)72-70-68-66-64-62-60-58-56-54-52-50-48-46-44-42-36-34-32-30-28-26-24-22-20-18-16-14-12-10-8-6-4-2/h5,7,11,13,17,19,23,25,29,31,35,37,39-40,43,45,49,51,55,57,61,63,70,72,76-78,80-83,85-86,88-90H,3-4,6,8-10,12,14-16,18,20-22,24,26-28,30,32-34,36,38,41-42,44,46-48,50,52-54,56,58-60,62,64-69,71,73-75H2,1-2H3,(H,84,87)/b7-5-,13-11-,19-17-,25-23-,31-29-,37-35-,40-39-,45-43-,51-49-,57-55-,63-61-,72-70+. The van der Waals surface area contributed by atoms with Crippen LogP contribution in [-0.2, 0) is 14.3 Å². The minimum atomic E-state index is -1.58. The Morgan fingerprint density at radius 3 is 1.00 bits per heavy atom. The number of ether oxygens (including phenoxy) is 2. The van der Waals surface area contributed by atoms with Gasteiger partial charge in [0.15, 0.2) is 6.29 Å². The van der Waals surface area contributed by atoms with Crippen molar-refractivity contribution in [1.29, 1.82) is 0 Å². The largest absolute Gasteiger partial charge is 0.394 e. The van der Waals surface area contributed by atoms with Crippen LogP contribution in [0.2, 0.25) is 0 Å². The fraction of sp³-hybridized carbons (Fsp3) is 0.699. The molecule has 1 fully saturated rings. The third kappa shape index (κ3) is 57.5. The quantitative estimate of drug-likeness (QED) is 0.0261. The number of allylic oxidation sites excluding steroid dienone is 23. The molecule has 0 bridgehead atoms. The zero-order chi connectivity index (χ0) is 66.4. The summed E-state index contributed by atoms with van der Waals surface area (Å²) in [4.78, 5) is 13.1. The first kappa shape index (κ1) is 86.1. The summed E-state index contributed by atoms with van der Waals surface area (Å²) in [5, 5.41) is 54.8. The summed E-state index contributed by atoms with van der Waals surface area (Å²) in [6.07, 6.45) is 101. The number of hydrogen-bond acceptors (Lipinski definition) is 8. The average Bonchev–Trinajstić information content (AvgIpc) is 1.00. The maximum atomic E-state index is 13.1. The maximum Gasteiger partial charge on any atom is 0.220 e. The lowest BCUT2D eigenvalue weighted by molar-refractivity contribution is -0.302. The molecule has 7 unspecified atom stereocenters. The Morgan fingerprint density at radius 1 is 0.380 bits per heavy atom.